The Morgan fingerprint density at radius 1 is 1.00 bits per heavy atom. The van der Waals surface area contributed by atoms with Gasteiger partial charge < -0.3 is 0 Å². The SMILES string of the molecule is C/C(=N\Nc1ccc(F)cc1F)c1ccccc1F. The predicted octanol–water partition coefficient (Wildman–Crippen LogP) is 3.94. The Morgan fingerprint density at radius 3 is 2.42 bits per heavy atom. The molecule has 1 N–H and O–H groups in total. The van der Waals surface area contributed by atoms with Crippen LogP contribution in [0.2, 0.25) is 0 Å². The molecule has 98 valence electrons. The van der Waals surface area contributed by atoms with Crippen LogP contribution in [0.25, 0.3) is 0 Å². The Bertz CT molecular complexity index is 624. The predicted molar refractivity (Wildman–Crippen MR) is 68.6 cm³/mol. The van der Waals surface area contributed by atoms with Crippen molar-refractivity contribution in [2.24, 2.45) is 5.10 Å². The molecule has 0 heterocycles. The van der Waals surface area contributed by atoms with Crippen LogP contribution in [0, 0.1) is 17.5 Å². The lowest BCUT2D eigenvalue weighted by Gasteiger charge is -2.05. The van der Waals surface area contributed by atoms with E-state index in [1.54, 1.807) is 25.1 Å². The Labute approximate surface area is 108 Å². The molecule has 0 fully saturated rings. The zero-order valence-corrected chi connectivity index (χ0v) is 10.1. The van der Waals surface area contributed by atoms with E-state index in [0.29, 0.717) is 11.3 Å². The van der Waals surface area contributed by atoms with Crippen LogP contribution in [0.5, 0.6) is 0 Å². The summed E-state index contributed by atoms with van der Waals surface area (Å²) in [5.41, 5.74) is 3.15. The topological polar surface area (TPSA) is 24.4 Å². The van der Waals surface area contributed by atoms with Crippen molar-refractivity contribution in [3.05, 3.63) is 65.5 Å². The molecule has 0 spiro atoms. The fraction of sp³-hybridized carbons (Fsp3) is 0.0714. The standard InChI is InChI=1S/C14H11F3N2/c1-9(11-4-2-3-5-12(11)16)18-19-14-7-6-10(15)8-13(14)17/h2-8,19H,1H3/b18-9+. The Kier molecular flexibility index (Phi) is 3.85. The van der Waals surface area contributed by atoms with Crippen molar-refractivity contribution in [1.29, 1.82) is 0 Å². The highest BCUT2D eigenvalue weighted by molar-refractivity contribution is 5.99. The normalized spacial score (nSPS) is 11.5. The molecular formula is C14H11F3N2. The summed E-state index contributed by atoms with van der Waals surface area (Å²) in [6, 6.07) is 9.21. The van der Waals surface area contributed by atoms with E-state index >= 15 is 0 Å². The molecule has 0 aromatic heterocycles. The highest BCUT2D eigenvalue weighted by atomic mass is 19.1. The van der Waals surface area contributed by atoms with Crippen LogP contribution in [0.1, 0.15) is 12.5 Å². The molecule has 0 unspecified atom stereocenters. The average molecular weight is 264 g/mol. The minimum Gasteiger partial charge on any atom is -0.275 e. The number of rotatable bonds is 3. The Balaban J connectivity index is 2.21. The van der Waals surface area contributed by atoms with Crippen LogP contribution >= 0.6 is 0 Å². The summed E-state index contributed by atoms with van der Waals surface area (Å²) >= 11 is 0. The number of hydrogen-bond acceptors (Lipinski definition) is 2. The Morgan fingerprint density at radius 2 is 1.74 bits per heavy atom. The van der Waals surface area contributed by atoms with E-state index in [2.05, 4.69) is 10.5 Å². The fourth-order valence-electron chi connectivity index (χ4n) is 1.54. The molecule has 0 amide bonds. The van der Waals surface area contributed by atoms with Gasteiger partial charge >= 0.3 is 0 Å². The van der Waals surface area contributed by atoms with E-state index in [-0.39, 0.29) is 5.69 Å². The van der Waals surface area contributed by atoms with Gasteiger partial charge in [-0.15, -0.1) is 0 Å². The van der Waals surface area contributed by atoms with Crippen molar-refractivity contribution >= 4 is 11.4 Å². The summed E-state index contributed by atoms with van der Waals surface area (Å²) < 4.78 is 39.5. The number of nitrogens with one attached hydrogen (secondary N) is 1. The van der Waals surface area contributed by atoms with Crippen LogP contribution in [0.15, 0.2) is 47.6 Å². The largest absolute Gasteiger partial charge is 0.275 e. The summed E-state index contributed by atoms with van der Waals surface area (Å²) in [6.07, 6.45) is 0. The molecule has 0 aliphatic carbocycles. The fourth-order valence-corrected chi connectivity index (χ4v) is 1.54. The monoisotopic (exact) mass is 264 g/mol. The third-order valence-corrected chi connectivity index (χ3v) is 2.54. The molecular weight excluding hydrogens is 253 g/mol. The molecule has 0 saturated heterocycles. The number of hydrogen-bond donors (Lipinski definition) is 1. The lowest BCUT2D eigenvalue weighted by Crippen LogP contribution is -2.03. The number of hydrazone groups is 1. The lowest BCUT2D eigenvalue weighted by atomic mass is 10.1. The van der Waals surface area contributed by atoms with Crippen LogP contribution in [0.3, 0.4) is 0 Å². The van der Waals surface area contributed by atoms with Gasteiger partial charge in [-0.05, 0) is 25.1 Å². The quantitative estimate of drug-likeness (QED) is 0.659. The molecule has 2 rings (SSSR count). The van der Waals surface area contributed by atoms with E-state index < -0.39 is 17.5 Å². The molecule has 0 aliphatic rings. The Hall–Kier alpha value is -2.30. The second-order valence-electron chi connectivity index (χ2n) is 3.91. The maximum Gasteiger partial charge on any atom is 0.151 e. The molecule has 0 atom stereocenters. The molecule has 5 heteroatoms. The van der Waals surface area contributed by atoms with Gasteiger partial charge in [-0.25, -0.2) is 13.2 Å². The maximum absolute atomic E-state index is 13.5. The van der Waals surface area contributed by atoms with Crippen LogP contribution in [-0.2, 0) is 0 Å². The molecule has 0 radical (unpaired) electrons. The first-order valence-electron chi connectivity index (χ1n) is 5.58. The zero-order valence-electron chi connectivity index (χ0n) is 10.1. The molecule has 2 aromatic rings. The maximum atomic E-state index is 13.5. The number of nitrogens with zero attached hydrogens (tertiary/aromatic N) is 1. The van der Waals surface area contributed by atoms with E-state index in [1.165, 1.54) is 12.1 Å². The highest BCUT2D eigenvalue weighted by Gasteiger charge is 2.05. The van der Waals surface area contributed by atoms with Crippen LogP contribution < -0.4 is 5.43 Å². The summed E-state index contributed by atoms with van der Waals surface area (Å²) in [5, 5.41) is 3.88. The third kappa shape index (κ3) is 3.13. The molecule has 0 bridgehead atoms. The van der Waals surface area contributed by atoms with Crippen molar-refractivity contribution in [2.45, 2.75) is 6.92 Å². The first kappa shape index (κ1) is 13.1. The summed E-state index contributed by atoms with van der Waals surface area (Å²) in [6.45, 7) is 1.59. The molecule has 2 nitrogen and oxygen atoms in total. The molecule has 0 aliphatic heterocycles. The van der Waals surface area contributed by atoms with Gasteiger partial charge in [0, 0.05) is 11.6 Å². The number of anilines is 1. The molecule has 0 saturated carbocycles. The number of halogens is 3. The third-order valence-electron chi connectivity index (χ3n) is 2.54. The lowest BCUT2D eigenvalue weighted by molar-refractivity contribution is 0.585. The van der Waals surface area contributed by atoms with Crippen molar-refractivity contribution in [3.63, 3.8) is 0 Å². The van der Waals surface area contributed by atoms with E-state index in [4.69, 9.17) is 0 Å². The van der Waals surface area contributed by atoms with Crippen molar-refractivity contribution < 1.29 is 13.2 Å². The summed E-state index contributed by atoms with van der Waals surface area (Å²) in [4.78, 5) is 0. The summed E-state index contributed by atoms with van der Waals surface area (Å²) in [5.74, 6) is -1.84. The van der Waals surface area contributed by atoms with Gasteiger partial charge in [0.2, 0.25) is 0 Å². The first-order chi connectivity index (χ1) is 9.08. The van der Waals surface area contributed by atoms with E-state index in [0.717, 1.165) is 12.1 Å². The average Bonchev–Trinajstić information content (AvgIpc) is 2.38. The van der Waals surface area contributed by atoms with Gasteiger partial charge in [-0.1, -0.05) is 18.2 Å². The van der Waals surface area contributed by atoms with Crippen molar-refractivity contribution in [3.8, 4) is 0 Å². The van der Waals surface area contributed by atoms with Gasteiger partial charge in [0.05, 0.1) is 11.4 Å². The minimum atomic E-state index is -0.759. The van der Waals surface area contributed by atoms with Gasteiger partial charge in [-0.2, -0.15) is 5.10 Å². The first-order valence-corrected chi connectivity index (χ1v) is 5.58. The van der Waals surface area contributed by atoms with Crippen molar-refractivity contribution in [1.82, 2.24) is 0 Å². The van der Waals surface area contributed by atoms with Gasteiger partial charge in [0.15, 0.2) is 5.82 Å². The van der Waals surface area contributed by atoms with Gasteiger partial charge in [0.25, 0.3) is 0 Å². The van der Waals surface area contributed by atoms with E-state index in [9.17, 15) is 13.2 Å². The van der Waals surface area contributed by atoms with Crippen molar-refractivity contribution in [2.75, 3.05) is 5.43 Å². The number of benzene rings is 2. The highest BCUT2D eigenvalue weighted by Crippen LogP contribution is 2.15. The van der Waals surface area contributed by atoms with E-state index in [1.807, 2.05) is 0 Å². The van der Waals surface area contributed by atoms with Gasteiger partial charge in [-0.3, -0.25) is 5.43 Å². The van der Waals surface area contributed by atoms with Crippen LogP contribution in [0.4, 0.5) is 18.9 Å². The second kappa shape index (κ2) is 5.56. The van der Waals surface area contributed by atoms with Gasteiger partial charge in [0.1, 0.15) is 11.6 Å². The zero-order chi connectivity index (χ0) is 13.8. The smallest absolute Gasteiger partial charge is 0.151 e. The second-order valence-corrected chi connectivity index (χ2v) is 3.91. The molecule has 19 heavy (non-hydrogen) atoms. The minimum absolute atomic E-state index is 0.0251. The summed E-state index contributed by atoms with van der Waals surface area (Å²) in [7, 11) is 0. The van der Waals surface area contributed by atoms with Crippen LogP contribution in [-0.4, -0.2) is 5.71 Å². The molecule has 2 aromatic carbocycles.